The van der Waals surface area contributed by atoms with Gasteiger partial charge in [0.2, 0.25) is 0 Å². The summed E-state index contributed by atoms with van der Waals surface area (Å²) in [6, 6.07) is 0. The Hall–Kier alpha value is -1.25. The van der Waals surface area contributed by atoms with Crippen LogP contribution in [0.3, 0.4) is 0 Å². The summed E-state index contributed by atoms with van der Waals surface area (Å²) in [5, 5.41) is 0. The van der Waals surface area contributed by atoms with E-state index in [1.807, 2.05) is 0 Å². The van der Waals surface area contributed by atoms with Crippen molar-refractivity contribution in [3.05, 3.63) is 23.9 Å². The van der Waals surface area contributed by atoms with Crippen LogP contribution in [0.1, 0.15) is 6.42 Å². The molecule has 9 heteroatoms. The van der Waals surface area contributed by atoms with E-state index in [2.05, 4.69) is 0 Å². The number of hydrogen-bond donors (Lipinski definition) is 2. The molecule has 0 radical (unpaired) electrons. The molecule has 1 unspecified atom stereocenters. The van der Waals surface area contributed by atoms with Gasteiger partial charge in [0.25, 0.3) is 0 Å². The van der Waals surface area contributed by atoms with Crippen LogP contribution in [0.2, 0.25) is 0 Å². The van der Waals surface area contributed by atoms with Gasteiger partial charge in [-0.05, 0) is 6.08 Å². The zero-order valence-corrected chi connectivity index (χ0v) is 8.74. The number of alkyl halides is 7. The molecule has 1 aliphatic rings. The van der Waals surface area contributed by atoms with Crippen molar-refractivity contribution < 1.29 is 30.7 Å². The maximum atomic E-state index is 13.4. The first-order valence-electron chi connectivity index (χ1n) is 4.60. The van der Waals surface area contributed by atoms with Crippen LogP contribution in [0.15, 0.2) is 23.9 Å². The Morgan fingerprint density at radius 2 is 1.56 bits per heavy atom. The van der Waals surface area contributed by atoms with Crippen molar-refractivity contribution in [1.82, 2.24) is 0 Å². The van der Waals surface area contributed by atoms with Gasteiger partial charge in [-0.3, -0.25) is 0 Å². The molecule has 0 aromatic heterocycles. The van der Waals surface area contributed by atoms with E-state index in [9.17, 15) is 30.7 Å². The molecule has 0 aromatic carbocycles. The third kappa shape index (κ3) is 1.96. The minimum atomic E-state index is -6.41. The Balaban J connectivity index is 3.23. The lowest BCUT2D eigenvalue weighted by atomic mass is 9.81. The van der Waals surface area contributed by atoms with Crippen LogP contribution in [0.25, 0.3) is 0 Å². The van der Waals surface area contributed by atoms with Crippen molar-refractivity contribution in [2.45, 2.75) is 30.0 Å². The quantitative estimate of drug-likeness (QED) is 0.762. The van der Waals surface area contributed by atoms with Gasteiger partial charge in [-0.15, -0.1) is 0 Å². The topological polar surface area (TPSA) is 52.0 Å². The lowest BCUT2D eigenvalue weighted by Gasteiger charge is -2.40. The summed E-state index contributed by atoms with van der Waals surface area (Å²) in [5.41, 5.74) is 6.60. The molecule has 1 rings (SSSR count). The van der Waals surface area contributed by atoms with E-state index < -0.39 is 30.0 Å². The summed E-state index contributed by atoms with van der Waals surface area (Å²) in [5.74, 6) is -11.8. The van der Waals surface area contributed by atoms with E-state index in [1.165, 1.54) is 0 Å². The summed E-state index contributed by atoms with van der Waals surface area (Å²) < 4.78 is 88.4. The Morgan fingerprint density at radius 3 is 1.94 bits per heavy atom. The summed E-state index contributed by atoms with van der Waals surface area (Å²) in [4.78, 5) is 0. The van der Waals surface area contributed by atoms with Gasteiger partial charge in [0, 0.05) is 12.1 Å². The van der Waals surface area contributed by atoms with Crippen LogP contribution in [0.4, 0.5) is 30.7 Å². The molecule has 0 bridgehead atoms. The standard InChI is InChI=1S/C9H9F7N2/c10-7(11,8(12,13)9(14,15)16)6(18)3-1-2-5(17)4-6/h1-3H,4,17-18H2. The fourth-order valence-corrected chi connectivity index (χ4v) is 1.49. The molecule has 0 aromatic rings. The second kappa shape index (κ2) is 3.87. The second-order valence-corrected chi connectivity index (χ2v) is 3.96. The molecule has 104 valence electrons. The van der Waals surface area contributed by atoms with Crippen LogP contribution < -0.4 is 11.5 Å². The molecule has 4 N–H and O–H groups in total. The van der Waals surface area contributed by atoms with E-state index in [0.717, 1.165) is 12.2 Å². The largest absolute Gasteiger partial charge is 0.459 e. The maximum absolute atomic E-state index is 13.4. The zero-order chi connectivity index (χ0) is 14.4. The Bertz CT molecular complexity index is 396. The molecule has 0 fully saturated rings. The highest BCUT2D eigenvalue weighted by Gasteiger charge is 2.78. The first-order valence-corrected chi connectivity index (χ1v) is 4.60. The molecule has 0 aliphatic heterocycles. The molecule has 1 aliphatic carbocycles. The number of hydrogen-bond acceptors (Lipinski definition) is 2. The predicted molar refractivity (Wildman–Crippen MR) is 48.9 cm³/mol. The minimum absolute atomic E-state index is 0.308. The van der Waals surface area contributed by atoms with Crippen molar-refractivity contribution in [2.75, 3.05) is 0 Å². The van der Waals surface area contributed by atoms with Gasteiger partial charge in [0.1, 0.15) is 5.54 Å². The number of rotatable bonds is 2. The van der Waals surface area contributed by atoms with Crippen LogP contribution in [0, 0.1) is 0 Å². The Kier molecular flexibility index (Phi) is 3.19. The van der Waals surface area contributed by atoms with Gasteiger partial charge in [0.15, 0.2) is 0 Å². The van der Waals surface area contributed by atoms with E-state index in [-0.39, 0.29) is 5.70 Å². The molecule has 1 atom stereocenters. The van der Waals surface area contributed by atoms with Gasteiger partial charge < -0.3 is 11.5 Å². The maximum Gasteiger partial charge on any atom is 0.459 e. The first kappa shape index (κ1) is 14.8. The van der Waals surface area contributed by atoms with Crippen molar-refractivity contribution in [1.29, 1.82) is 0 Å². The van der Waals surface area contributed by atoms with Crippen molar-refractivity contribution in [2.24, 2.45) is 11.5 Å². The molecule has 0 amide bonds. The number of halogens is 7. The average Bonchev–Trinajstić information content (AvgIpc) is 2.14. The fraction of sp³-hybridized carbons (Fsp3) is 0.556. The summed E-state index contributed by atoms with van der Waals surface area (Å²) in [7, 11) is 0. The minimum Gasteiger partial charge on any atom is -0.402 e. The lowest BCUT2D eigenvalue weighted by Crippen LogP contribution is -2.67. The summed E-state index contributed by atoms with van der Waals surface area (Å²) >= 11 is 0. The average molecular weight is 278 g/mol. The molecule has 0 saturated heterocycles. The van der Waals surface area contributed by atoms with Gasteiger partial charge in [-0.1, -0.05) is 12.2 Å². The van der Waals surface area contributed by atoms with E-state index in [0.29, 0.717) is 6.08 Å². The SMILES string of the molecule is NC1=CC=CC(N)(C(F)(F)C(F)(F)C(F)(F)F)C1. The van der Waals surface area contributed by atoms with Crippen LogP contribution in [0.5, 0.6) is 0 Å². The Morgan fingerprint density at radius 1 is 1.06 bits per heavy atom. The van der Waals surface area contributed by atoms with E-state index in [4.69, 9.17) is 11.5 Å². The highest BCUT2D eigenvalue weighted by Crippen LogP contribution is 2.52. The predicted octanol–water partition coefficient (Wildman–Crippen LogP) is 2.32. The molecule has 18 heavy (non-hydrogen) atoms. The van der Waals surface area contributed by atoms with Crippen molar-refractivity contribution in [3.63, 3.8) is 0 Å². The second-order valence-electron chi connectivity index (χ2n) is 3.96. The fourth-order valence-electron chi connectivity index (χ4n) is 1.49. The molecule has 2 nitrogen and oxygen atoms in total. The highest BCUT2D eigenvalue weighted by molar-refractivity contribution is 5.30. The smallest absolute Gasteiger partial charge is 0.402 e. The van der Waals surface area contributed by atoms with E-state index in [1.54, 1.807) is 0 Å². The normalized spacial score (nSPS) is 26.1. The van der Waals surface area contributed by atoms with Crippen LogP contribution in [-0.4, -0.2) is 23.6 Å². The highest BCUT2D eigenvalue weighted by atomic mass is 19.4. The van der Waals surface area contributed by atoms with Gasteiger partial charge in [-0.2, -0.15) is 30.7 Å². The van der Waals surface area contributed by atoms with Gasteiger partial charge in [-0.25, -0.2) is 0 Å². The first-order chi connectivity index (χ1) is 7.85. The van der Waals surface area contributed by atoms with Gasteiger partial charge in [0.05, 0.1) is 0 Å². The van der Waals surface area contributed by atoms with Crippen molar-refractivity contribution in [3.8, 4) is 0 Å². The van der Waals surface area contributed by atoms with E-state index >= 15 is 0 Å². The molecular weight excluding hydrogens is 269 g/mol. The summed E-state index contributed by atoms with van der Waals surface area (Å²) in [6.07, 6.45) is -5.11. The van der Waals surface area contributed by atoms with Crippen molar-refractivity contribution >= 4 is 0 Å². The van der Waals surface area contributed by atoms with Crippen LogP contribution in [-0.2, 0) is 0 Å². The molecular formula is C9H9F7N2. The summed E-state index contributed by atoms with van der Waals surface area (Å²) in [6.45, 7) is 0. The van der Waals surface area contributed by atoms with Crippen LogP contribution >= 0.6 is 0 Å². The van der Waals surface area contributed by atoms with Gasteiger partial charge >= 0.3 is 18.0 Å². The third-order valence-electron chi connectivity index (χ3n) is 2.54. The zero-order valence-electron chi connectivity index (χ0n) is 8.74. The monoisotopic (exact) mass is 278 g/mol. The number of allylic oxidation sites excluding steroid dienone is 2. The Labute approximate surface area is 97.1 Å². The molecule has 0 spiro atoms. The molecule has 0 heterocycles. The third-order valence-corrected chi connectivity index (χ3v) is 2.54. The number of nitrogens with two attached hydrogens (primary N) is 2. The molecule has 0 saturated carbocycles. The lowest BCUT2D eigenvalue weighted by molar-refractivity contribution is -0.364.